The van der Waals surface area contributed by atoms with Crippen LogP contribution in [-0.4, -0.2) is 56.7 Å². The maximum atomic E-state index is 13.5. The summed E-state index contributed by atoms with van der Waals surface area (Å²) in [6, 6.07) is 6.36. The molecule has 23 heavy (non-hydrogen) atoms. The molecule has 1 N–H and O–H groups in total. The van der Waals surface area contributed by atoms with Gasteiger partial charge < -0.3 is 10.1 Å². The summed E-state index contributed by atoms with van der Waals surface area (Å²) < 4.78 is 43.5. The van der Waals surface area contributed by atoms with E-state index in [9.17, 15) is 17.6 Å². The fraction of sp³-hybridized carbons (Fsp3) is 0.533. The molecular formula is C15H21FN2O4S. The van der Waals surface area contributed by atoms with Crippen LogP contribution in [0.1, 0.15) is 12.5 Å². The summed E-state index contributed by atoms with van der Waals surface area (Å²) in [6.07, 6.45) is 1.46. The Morgan fingerprint density at radius 3 is 2.78 bits per heavy atom. The van der Waals surface area contributed by atoms with E-state index in [0.717, 1.165) is 6.26 Å². The molecule has 2 rings (SSSR count). The number of hydrogen-bond donors (Lipinski definition) is 1. The van der Waals surface area contributed by atoms with Gasteiger partial charge in [0.2, 0.25) is 10.0 Å². The first-order valence-corrected chi connectivity index (χ1v) is 9.18. The summed E-state index contributed by atoms with van der Waals surface area (Å²) in [6.45, 7) is 2.17. The number of rotatable bonds is 5. The molecule has 1 aromatic rings. The van der Waals surface area contributed by atoms with Crippen molar-refractivity contribution in [3.63, 3.8) is 0 Å². The first kappa shape index (κ1) is 17.8. The van der Waals surface area contributed by atoms with E-state index < -0.39 is 21.5 Å². The van der Waals surface area contributed by atoms with Crippen molar-refractivity contribution in [2.24, 2.45) is 0 Å². The molecule has 0 unspecified atom stereocenters. The minimum atomic E-state index is -3.38. The predicted octanol–water partition coefficient (Wildman–Crippen LogP) is 0.535. The first-order chi connectivity index (χ1) is 10.7. The summed E-state index contributed by atoms with van der Waals surface area (Å²) in [5.74, 6) is -0.715. The van der Waals surface area contributed by atoms with Crippen molar-refractivity contribution in [1.29, 1.82) is 0 Å². The predicted molar refractivity (Wildman–Crippen MR) is 83.9 cm³/mol. The zero-order chi connectivity index (χ0) is 17.1. The third kappa shape index (κ3) is 4.49. The summed E-state index contributed by atoms with van der Waals surface area (Å²) in [7, 11) is -3.38. The van der Waals surface area contributed by atoms with Gasteiger partial charge in [-0.3, -0.25) is 4.79 Å². The first-order valence-electron chi connectivity index (χ1n) is 7.33. The minimum Gasteiger partial charge on any atom is -0.363 e. The normalized spacial score (nSPS) is 22.7. The molecule has 1 aromatic carbocycles. The average molecular weight is 344 g/mol. The molecule has 1 saturated heterocycles. The number of carbonyl (C=O) groups is 1. The third-order valence-corrected chi connectivity index (χ3v) is 5.08. The molecule has 1 heterocycles. The summed E-state index contributed by atoms with van der Waals surface area (Å²) in [4.78, 5) is 12.3. The number of benzene rings is 1. The molecule has 6 nitrogen and oxygen atoms in total. The smallest absolute Gasteiger partial charge is 0.253 e. The van der Waals surface area contributed by atoms with Gasteiger partial charge in [0.05, 0.1) is 19.4 Å². The van der Waals surface area contributed by atoms with Gasteiger partial charge in [0.1, 0.15) is 5.82 Å². The lowest BCUT2D eigenvalue weighted by Crippen LogP contribution is -2.59. The largest absolute Gasteiger partial charge is 0.363 e. The van der Waals surface area contributed by atoms with Crippen LogP contribution in [0.3, 0.4) is 0 Å². The maximum absolute atomic E-state index is 13.5. The Bertz CT molecular complexity index is 680. The lowest BCUT2D eigenvalue weighted by atomic mass is 10.0. The standard InChI is InChI=1S/C15H21FN2O4S/c1-15(11-18(9-10-22-15)23(2,20)21)14(19)17-8-7-12-5-3-4-6-13(12)16/h3-6H,7-11H2,1-2H3,(H,17,19)/t15-/m1/s1. The Balaban J connectivity index is 1.93. The van der Waals surface area contributed by atoms with Gasteiger partial charge in [0.25, 0.3) is 5.91 Å². The van der Waals surface area contributed by atoms with Gasteiger partial charge in [-0.15, -0.1) is 0 Å². The molecular weight excluding hydrogens is 323 g/mol. The lowest BCUT2D eigenvalue weighted by Gasteiger charge is -2.37. The van der Waals surface area contributed by atoms with Crippen molar-refractivity contribution in [2.45, 2.75) is 18.9 Å². The van der Waals surface area contributed by atoms with E-state index in [2.05, 4.69) is 5.32 Å². The van der Waals surface area contributed by atoms with Gasteiger partial charge in [0.15, 0.2) is 5.60 Å². The molecule has 1 atom stereocenters. The highest BCUT2D eigenvalue weighted by Crippen LogP contribution is 2.20. The van der Waals surface area contributed by atoms with Gasteiger partial charge in [-0.25, -0.2) is 12.8 Å². The molecule has 0 bridgehead atoms. The van der Waals surface area contributed by atoms with Crippen molar-refractivity contribution >= 4 is 15.9 Å². The van der Waals surface area contributed by atoms with Crippen molar-refractivity contribution in [2.75, 3.05) is 32.5 Å². The Morgan fingerprint density at radius 1 is 1.43 bits per heavy atom. The number of ether oxygens (including phenoxy) is 1. The van der Waals surface area contributed by atoms with Gasteiger partial charge in [0, 0.05) is 13.1 Å². The van der Waals surface area contributed by atoms with Gasteiger partial charge in [-0.1, -0.05) is 18.2 Å². The van der Waals surface area contributed by atoms with Crippen molar-refractivity contribution in [3.8, 4) is 0 Å². The second-order valence-corrected chi connectivity index (χ2v) is 7.76. The molecule has 128 valence electrons. The van der Waals surface area contributed by atoms with E-state index in [1.165, 1.54) is 10.4 Å². The SMILES string of the molecule is C[C@]1(C(=O)NCCc2ccccc2F)CN(S(C)(=O)=O)CCO1. The van der Waals surface area contributed by atoms with Crippen LogP contribution in [0.2, 0.25) is 0 Å². The maximum Gasteiger partial charge on any atom is 0.253 e. The average Bonchev–Trinajstić information content (AvgIpc) is 2.48. The van der Waals surface area contributed by atoms with E-state index in [1.54, 1.807) is 25.1 Å². The van der Waals surface area contributed by atoms with Gasteiger partial charge in [-0.2, -0.15) is 4.31 Å². The monoisotopic (exact) mass is 344 g/mol. The minimum absolute atomic E-state index is 0.0304. The molecule has 8 heteroatoms. The number of halogens is 1. The molecule has 1 aliphatic rings. The van der Waals surface area contributed by atoms with E-state index in [1.807, 2.05) is 0 Å². The van der Waals surface area contributed by atoms with Crippen LogP contribution in [0, 0.1) is 5.82 Å². The number of morpholine rings is 1. The van der Waals surface area contributed by atoms with Crippen LogP contribution < -0.4 is 5.32 Å². The Labute approximate surface area is 135 Å². The zero-order valence-corrected chi connectivity index (χ0v) is 14.0. The number of nitrogens with one attached hydrogen (secondary N) is 1. The van der Waals surface area contributed by atoms with E-state index in [-0.39, 0.29) is 32.1 Å². The highest BCUT2D eigenvalue weighted by atomic mass is 32.2. The number of sulfonamides is 1. The molecule has 0 aliphatic carbocycles. The molecule has 0 radical (unpaired) electrons. The second kappa shape index (κ2) is 6.94. The van der Waals surface area contributed by atoms with Crippen molar-refractivity contribution < 1.29 is 22.3 Å². The Morgan fingerprint density at radius 2 is 2.13 bits per heavy atom. The Kier molecular flexibility index (Phi) is 5.38. The third-order valence-electron chi connectivity index (χ3n) is 3.83. The number of nitrogens with zero attached hydrogens (tertiary/aromatic N) is 1. The fourth-order valence-electron chi connectivity index (χ4n) is 2.45. The van der Waals surface area contributed by atoms with Crippen molar-refractivity contribution in [1.82, 2.24) is 9.62 Å². The fourth-order valence-corrected chi connectivity index (χ4v) is 3.34. The second-order valence-electron chi connectivity index (χ2n) is 5.77. The summed E-state index contributed by atoms with van der Waals surface area (Å²) >= 11 is 0. The van der Waals surface area contributed by atoms with Crippen LogP contribution in [0.5, 0.6) is 0 Å². The molecule has 0 aromatic heterocycles. The van der Waals surface area contributed by atoms with Crippen LogP contribution in [0.15, 0.2) is 24.3 Å². The van der Waals surface area contributed by atoms with E-state index >= 15 is 0 Å². The lowest BCUT2D eigenvalue weighted by molar-refractivity contribution is -0.152. The van der Waals surface area contributed by atoms with Gasteiger partial charge >= 0.3 is 0 Å². The molecule has 0 spiro atoms. The molecule has 1 aliphatic heterocycles. The number of carbonyl (C=O) groups excluding carboxylic acids is 1. The molecule has 1 amide bonds. The highest BCUT2D eigenvalue weighted by Gasteiger charge is 2.41. The summed E-state index contributed by atoms with van der Waals surface area (Å²) in [5, 5.41) is 2.69. The van der Waals surface area contributed by atoms with Crippen LogP contribution >= 0.6 is 0 Å². The highest BCUT2D eigenvalue weighted by molar-refractivity contribution is 7.88. The molecule has 1 fully saturated rings. The van der Waals surface area contributed by atoms with Gasteiger partial charge in [-0.05, 0) is 25.0 Å². The quantitative estimate of drug-likeness (QED) is 0.846. The number of hydrogen-bond acceptors (Lipinski definition) is 4. The molecule has 0 saturated carbocycles. The van der Waals surface area contributed by atoms with E-state index in [0.29, 0.717) is 12.0 Å². The summed E-state index contributed by atoms with van der Waals surface area (Å²) in [5.41, 5.74) is -0.725. The number of amides is 1. The zero-order valence-electron chi connectivity index (χ0n) is 13.2. The van der Waals surface area contributed by atoms with Crippen LogP contribution in [0.4, 0.5) is 4.39 Å². The van der Waals surface area contributed by atoms with E-state index in [4.69, 9.17) is 4.74 Å². The Hall–Kier alpha value is -1.51. The van der Waals surface area contributed by atoms with Crippen molar-refractivity contribution in [3.05, 3.63) is 35.6 Å². The topological polar surface area (TPSA) is 75.7 Å². The van der Waals surface area contributed by atoms with Crippen LogP contribution in [-0.2, 0) is 26.0 Å². The van der Waals surface area contributed by atoms with Crippen LogP contribution in [0.25, 0.3) is 0 Å².